The maximum atomic E-state index is 13.7. The molecular weight excluding hydrogens is 476 g/mol. The van der Waals surface area contributed by atoms with E-state index >= 15 is 0 Å². The van der Waals surface area contributed by atoms with Crippen molar-refractivity contribution in [3.8, 4) is 5.75 Å². The van der Waals surface area contributed by atoms with Crippen LogP contribution in [-0.2, 0) is 17.8 Å². The topological polar surface area (TPSA) is 63.0 Å². The summed E-state index contributed by atoms with van der Waals surface area (Å²) in [5.41, 5.74) is 4.71. The molecule has 1 saturated carbocycles. The molecule has 3 aromatic rings. The standard InChI is InChI=1S/C32H38N2O4/c1-4-33(5-2)32(36)29-17-16-27(38-29)21-37-26-15-14-23-18-19-34(31(35)25-8-6-7-9-25)30(28(23)20-26)24-12-10-22(3)11-13-24/h10-17,20,25,30H,4-9,18-19,21H2,1-3H3/t30-/m0/s1. The summed E-state index contributed by atoms with van der Waals surface area (Å²) in [7, 11) is 0. The number of nitrogens with zero attached hydrogens (tertiary/aromatic N) is 2. The van der Waals surface area contributed by atoms with Crippen molar-refractivity contribution < 1.29 is 18.7 Å². The molecule has 0 N–H and O–H groups in total. The van der Waals surface area contributed by atoms with Gasteiger partial charge < -0.3 is 19.0 Å². The highest BCUT2D eigenvalue weighted by Gasteiger charge is 2.36. The molecule has 6 heteroatoms. The summed E-state index contributed by atoms with van der Waals surface area (Å²) in [5, 5.41) is 0. The highest BCUT2D eigenvalue weighted by Crippen LogP contribution is 2.40. The average molecular weight is 515 g/mol. The van der Waals surface area contributed by atoms with E-state index in [1.165, 1.54) is 11.1 Å². The van der Waals surface area contributed by atoms with E-state index in [1.807, 2.05) is 19.9 Å². The van der Waals surface area contributed by atoms with Crippen LogP contribution in [0.4, 0.5) is 0 Å². The van der Waals surface area contributed by atoms with Gasteiger partial charge in [-0.3, -0.25) is 9.59 Å². The zero-order valence-corrected chi connectivity index (χ0v) is 22.7. The van der Waals surface area contributed by atoms with E-state index in [-0.39, 0.29) is 30.4 Å². The smallest absolute Gasteiger partial charge is 0.289 e. The minimum absolute atomic E-state index is 0.108. The molecule has 2 amide bonds. The van der Waals surface area contributed by atoms with Gasteiger partial charge in [-0.15, -0.1) is 0 Å². The minimum Gasteiger partial charge on any atom is -0.486 e. The Hall–Kier alpha value is -3.54. The molecule has 0 unspecified atom stereocenters. The number of hydrogen-bond acceptors (Lipinski definition) is 4. The lowest BCUT2D eigenvalue weighted by Gasteiger charge is -2.39. The molecule has 5 rings (SSSR count). The van der Waals surface area contributed by atoms with E-state index in [4.69, 9.17) is 9.15 Å². The number of rotatable bonds is 8. The number of fused-ring (bicyclic) bond motifs is 1. The third kappa shape index (κ3) is 5.35. The number of carbonyl (C=O) groups excluding carboxylic acids is 2. The quantitative estimate of drug-likeness (QED) is 0.353. The first-order valence-electron chi connectivity index (χ1n) is 14.0. The van der Waals surface area contributed by atoms with E-state index in [1.54, 1.807) is 17.0 Å². The zero-order valence-electron chi connectivity index (χ0n) is 22.7. The minimum atomic E-state index is -0.127. The Morgan fingerprint density at radius 2 is 1.74 bits per heavy atom. The highest BCUT2D eigenvalue weighted by atomic mass is 16.5. The Kier molecular flexibility index (Phi) is 7.87. The van der Waals surface area contributed by atoms with E-state index < -0.39 is 0 Å². The molecular formula is C32H38N2O4. The van der Waals surface area contributed by atoms with Crippen LogP contribution in [0.15, 0.2) is 59.0 Å². The largest absolute Gasteiger partial charge is 0.486 e. The molecule has 0 spiro atoms. The van der Waals surface area contributed by atoms with E-state index in [2.05, 4.69) is 48.2 Å². The van der Waals surface area contributed by atoms with Crippen molar-refractivity contribution in [2.24, 2.45) is 5.92 Å². The summed E-state index contributed by atoms with van der Waals surface area (Å²) >= 11 is 0. The van der Waals surface area contributed by atoms with Gasteiger partial charge in [-0.2, -0.15) is 0 Å². The Labute approximate surface area is 225 Å². The van der Waals surface area contributed by atoms with Crippen LogP contribution in [-0.4, -0.2) is 41.2 Å². The molecule has 200 valence electrons. The number of ether oxygens (including phenoxy) is 1. The van der Waals surface area contributed by atoms with Gasteiger partial charge in [0.2, 0.25) is 5.91 Å². The Morgan fingerprint density at radius 3 is 2.45 bits per heavy atom. The first-order chi connectivity index (χ1) is 18.5. The molecule has 1 atom stereocenters. The molecule has 2 aromatic carbocycles. The predicted molar refractivity (Wildman–Crippen MR) is 147 cm³/mol. The lowest BCUT2D eigenvalue weighted by molar-refractivity contribution is -0.137. The summed E-state index contributed by atoms with van der Waals surface area (Å²) in [6.45, 7) is 8.23. The first kappa shape index (κ1) is 26.1. The van der Waals surface area contributed by atoms with Gasteiger partial charge in [-0.25, -0.2) is 0 Å². The Morgan fingerprint density at radius 1 is 1.00 bits per heavy atom. The second-order valence-corrected chi connectivity index (χ2v) is 10.5. The highest BCUT2D eigenvalue weighted by molar-refractivity contribution is 5.91. The van der Waals surface area contributed by atoms with Crippen molar-refractivity contribution in [3.63, 3.8) is 0 Å². The number of aryl methyl sites for hydroxylation is 1. The molecule has 1 aromatic heterocycles. The molecule has 38 heavy (non-hydrogen) atoms. The zero-order chi connectivity index (χ0) is 26.6. The molecule has 1 fully saturated rings. The fourth-order valence-corrected chi connectivity index (χ4v) is 5.83. The Balaban J connectivity index is 1.38. The summed E-state index contributed by atoms with van der Waals surface area (Å²) in [4.78, 5) is 30.1. The lowest BCUT2D eigenvalue weighted by Crippen LogP contribution is -2.43. The van der Waals surface area contributed by atoms with Crippen LogP contribution in [0.2, 0.25) is 0 Å². The maximum absolute atomic E-state index is 13.7. The summed E-state index contributed by atoms with van der Waals surface area (Å²) in [6.07, 6.45) is 5.11. The SMILES string of the molecule is CCN(CC)C(=O)c1ccc(COc2ccc3c(c2)[C@H](c2ccc(C)cc2)N(C(=O)C2CCCC2)CC3)o1. The monoisotopic (exact) mass is 514 g/mol. The fraction of sp³-hybridized carbons (Fsp3) is 0.438. The van der Waals surface area contributed by atoms with Crippen LogP contribution in [0.5, 0.6) is 5.75 Å². The number of hydrogen-bond donors (Lipinski definition) is 0. The van der Waals surface area contributed by atoms with Crippen molar-refractivity contribution in [1.82, 2.24) is 9.80 Å². The predicted octanol–water partition coefficient (Wildman–Crippen LogP) is 6.31. The van der Waals surface area contributed by atoms with Gasteiger partial charge >= 0.3 is 0 Å². The number of benzene rings is 2. The normalized spacial score (nSPS) is 17.3. The Bertz CT molecular complexity index is 1270. The van der Waals surface area contributed by atoms with Crippen molar-refractivity contribution >= 4 is 11.8 Å². The molecule has 1 aliphatic carbocycles. The molecule has 0 radical (unpaired) electrons. The van der Waals surface area contributed by atoms with Gasteiger partial charge in [0.1, 0.15) is 18.1 Å². The van der Waals surface area contributed by atoms with Gasteiger partial charge in [0, 0.05) is 25.6 Å². The van der Waals surface area contributed by atoms with Crippen LogP contribution in [0.25, 0.3) is 0 Å². The molecule has 2 aliphatic rings. The van der Waals surface area contributed by atoms with Crippen molar-refractivity contribution in [2.75, 3.05) is 19.6 Å². The third-order valence-electron chi connectivity index (χ3n) is 8.03. The first-order valence-corrected chi connectivity index (χ1v) is 14.0. The number of amides is 2. The maximum Gasteiger partial charge on any atom is 0.289 e. The molecule has 2 heterocycles. The molecule has 0 bridgehead atoms. The van der Waals surface area contributed by atoms with E-state index in [9.17, 15) is 9.59 Å². The number of carbonyl (C=O) groups is 2. The van der Waals surface area contributed by atoms with Crippen molar-refractivity contribution in [2.45, 2.75) is 65.5 Å². The van der Waals surface area contributed by atoms with Crippen molar-refractivity contribution in [1.29, 1.82) is 0 Å². The fourth-order valence-electron chi connectivity index (χ4n) is 5.83. The summed E-state index contributed by atoms with van der Waals surface area (Å²) in [6, 6.07) is 18.1. The van der Waals surface area contributed by atoms with Gasteiger partial charge in [-0.1, -0.05) is 48.7 Å². The summed E-state index contributed by atoms with van der Waals surface area (Å²) < 4.78 is 11.9. The van der Waals surface area contributed by atoms with Gasteiger partial charge in [0.15, 0.2) is 5.76 Å². The van der Waals surface area contributed by atoms with Gasteiger partial charge in [0.25, 0.3) is 5.91 Å². The molecule has 6 nitrogen and oxygen atoms in total. The second kappa shape index (κ2) is 11.5. The van der Waals surface area contributed by atoms with Crippen molar-refractivity contribution in [3.05, 3.63) is 88.4 Å². The van der Waals surface area contributed by atoms with Crippen LogP contribution < -0.4 is 4.74 Å². The van der Waals surface area contributed by atoms with Crippen LogP contribution in [0.1, 0.15) is 84.1 Å². The van der Waals surface area contributed by atoms with E-state index in [0.29, 0.717) is 24.6 Å². The number of furan rings is 1. The van der Waals surface area contributed by atoms with Crippen LogP contribution >= 0.6 is 0 Å². The van der Waals surface area contributed by atoms with Crippen LogP contribution in [0, 0.1) is 12.8 Å². The average Bonchev–Trinajstić information content (AvgIpc) is 3.65. The lowest BCUT2D eigenvalue weighted by atomic mass is 9.86. The second-order valence-electron chi connectivity index (χ2n) is 10.5. The van der Waals surface area contributed by atoms with Gasteiger partial charge in [0.05, 0.1) is 6.04 Å². The van der Waals surface area contributed by atoms with Crippen LogP contribution in [0.3, 0.4) is 0 Å². The van der Waals surface area contributed by atoms with Gasteiger partial charge in [-0.05, 0) is 81.0 Å². The van der Waals surface area contributed by atoms with E-state index in [0.717, 1.165) is 55.5 Å². The summed E-state index contributed by atoms with van der Waals surface area (Å²) in [5.74, 6) is 1.97. The molecule has 0 saturated heterocycles. The third-order valence-corrected chi connectivity index (χ3v) is 8.03. The molecule has 1 aliphatic heterocycles.